The van der Waals surface area contributed by atoms with Gasteiger partial charge in [-0.15, -0.1) is 0 Å². The first kappa shape index (κ1) is 14.2. The van der Waals surface area contributed by atoms with Crippen LogP contribution in [-0.4, -0.2) is 44.6 Å². The van der Waals surface area contributed by atoms with E-state index in [-0.39, 0.29) is 18.6 Å². The molecule has 0 aromatic heterocycles. The van der Waals surface area contributed by atoms with Crippen molar-refractivity contribution in [2.24, 2.45) is 11.7 Å². The molecule has 1 saturated heterocycles. The van der Waals surface area contributed by atoms with Gasteiger partial charge in [-0.25, -0.2) is 9.52 Å². The Hall–Kier alpha value is -0.860. The van der Waals surface area contributed by atoms with Gasteiger partial charge in [0.25, 0.3) is 0 Å². The zero-order valence-electron chi connectivity index (χ0n) is 10.0. The van der Waals surface area contributed by atoms with Crippen molar-refractivity contribution in [1.82, 2.24) is 9.03 Å². The number of amides is 1. The molecule has 1 aliphatic rings. The Balaban J connectivity index is 2.62. The smallest absolute Gasteiger partial charge is 0.421 e. The summed E-state index contributed by atoms with van der Waals surface area (Å²) < 4.78 is 31.2. The highest BCUT2D eigenvalue weighted by Gasteiger charge is 2.32. The minimum atomic E-state index is -3.81. The largest absolute Gasteiger partial charge is 0.449 e. The third-order valence-corrected chi connectivity index (χ3v) is 4.20. The Morgan fingerprint density at radius 2 is 2.24 bits per heavy atom. The van der Waals surface area contributed by atoms with Crippen molar-refractivity contribution >= 4 is 16.3 Å². The van der Waals surface area contributed by atoms with E-state index in [1.807, 2.05) is 11.6 Å². The summed E-state index contributed by atoms with van der Waals surface area (Å²) in [4.78, 5) is 11.1. The first-order valence-corrected chi connectivity index (χ1v) is 7.01. The number of nitrogens with one attached hydrogen (secondary N) is 1. The van der Waals surface area contributed by atoms with Gasteiger partial charge in [0.05, 0.1) is 6.61 Å². The molecule has 1 rings (SSSR count). The Bertz CT molecular complexity index is 370. The van der Waals surface area contributed by atoms with E-state index in [4.69, 9.17) is 5.73 Å². The molecule has 17 heavy (non-hydrogen) atoms. The minimum absolute atomic E-state index is 0.00374. The highest BCUT2D eigenvalue weighted by atomic mass is 32.2. The van der Waals surface area contributed by atoms with E-state index in [2.05, 4.69) is 4.74 Å². The second-order valence-corrected chi connectivity index (χ2v) is 5.79. The molecule has 2 unspecified atom stereocenters. The van der Waals surface area contributed by atoms with Crippen LogP contribution in [0.15, 0.2) is 0 Å². The lowest BCUT2D eigenvalue weighted by Crippen LogP contribution is -2.52. The van der Waals surface area contributed by atoms with Crippen LogP contribution >= 0.6 is 0 Å². The van der Waals surface area contributed by atoms with Crippen molar-refractivity contribution in [3.63, 3.8) is 0 Å². The third kappa shape index (κ3) is 3.83. The molecule has 0 spiro atoms. The van der Waals surface area contributed by atoms with Gasteiger partial charge in [-0.3, -0.25) is 0 Å². The number of ether oxygens (including phenoxy) is 1. The van der Waals surface area contributed by atoms with Gasteiger partial charge in [0.1, 0.15) is 0 Å². The van der Waals surface area contributed by atoms with Crippen molar-refractivity contribution in [3.8, 4) is 0 Å². The molecule has 1 amide bonds. The Kier molecular flexibility index (Phi) is 4.72. The maximum Gasteiger partial charge on any atom is 0.421 e. The molecule has 0 aliphatic carbocycles. The van der Waals surface area contributed by atoms with Crippen LogP contribution in [0, 0.1) is 5.92 Å². The van der Waals surface area contributed by atoms with Crippen molar-refractivity contribution in [3.05, 3.63) is 0 Å². The second-order valence-electron chi connectivity index (χ2n) is 4.12. The van der Waals surface area contributed by atoms with E-state index in [1.165, 1.54) is 4.31 Å². The summed E-state index contributed by atoms with van der Waals surface area (Å²) in [7, 11) is -3.81. The van der Waals surface area contributed by atoms with E-state index < -0.39 is 16.3 Å². The average Bonchev–Trinajstić information content (AvgIpc) is 2.21. The normalized spacial score (nSPS) is 26.5. The fraction of sp³-hybridized carbons (Fsp3) is 0.889. The molecule has 1 heterocycles. The van der Waals surface area contributed by atoms with Crippen LogP contribution in [0.25, 0.3) is 0 Å². The molecule has 8 heteroatoms. The first-order valence-electron chi connectivity index (χ1n) is 5.57. The van der Waals surface area contributed by atoms with Gasteiger partial charge in [-0.05, 0) is 19.3 Å². The summed E-state index contributed by atoms with van der Waals surface area (Å²) in [5.74, 6) is 0.0718. The van der Waals surface area contributed by atoms with Crippen molar-refractivity contribution < 1.29 is 17.9 Å². The molecule has 0 radical (unpaired) electrons. The van der Waals surface area contributed by atoms with Crippen LogP contribution in [0.1, 0.15) is 20.3 Å². The van der Waals surface area contributed by atoms with Gasteiger partial charge in [-0.1, -0.05) is 6.92 Å². The minimum Gasteiger partial charge on any atom is -0.449 e. The molecule has 2 atom stereocenters. The van der Waals surface area contributed by atoms with Gasteiger partial charge in [0.2, 0.25) is 0 Å². The number of rotatable bonds is 3. The molecular weight excluding hydrogens is 246 g/mol. The van der Waals surface area contributed by atoms with Crippen LogP contribution in [-0.2, 0) is 14.9 Å². The molecule has 100 valence electrons. The number of piperidine rings is 1. The summed E-state index contributed by atoms with van der Waals surface area (Å²) in [5, 5.41) is 0. The first-order chi connectivity index (χ1) is 7.86. The van der Waals surface area contributed by atoms with Gasteiger partial charge >= 0.3 is 16.3 Å². The van der Waals surface area contributed by atoms with Crippen molar-refractivity contribution in [2.45, 2.75) is 26.3 Å². The monoisotopic (exact) mass is 265 g/mol. The predicted molar refractivity (Wildman–Crippen MR) is 62.4 cm³/mol. The molecule has 0 aromatic carbocycles. The van der Waals surface area contributed by atoms with Crippen LogP contribution < -0.4 is 10.5 Å². The summed E-state index contributed by atoms with van der Waals surface area (Å²) >= 11 is 0. The number of carbonyl (C=O) groups is 1. The molecule has 0 bridgehead atoms. The standard InChI is InChI=1S/C9H19N3O4S/c1-3-16-9(13)11-17(14,15)12-5-4-8(10)7(2)6-12/h7-8H,3-6,10H2,1-2H3,(H,11,13). The van der Waals surface area contributed by atoms with Gasteiger partial charge in [0, 0.05) is 19.1 Å². The number of carbonyl (C=O) groups excluding carboxylic acids is 1. The van der Waals surface area contributed by atoms with E-state index in [1.54, 1.807) is 6.92 Å². The molecule has 1 aliphatic heterocycles. The van der Waals surface area contributed by atoms with E-state index in [0.29, 0.717) is 19.5 Å². The number of hydrogen-bond donors (Lipinski definition) is 2. The molecule has 1 fully saturated rings. The van der Waals surface area contributed by atoms with E-state index in [0.717, 1.165) is 0 Å². The van der Waals surface area contributed by atoms with Crippen molar-refractivity contribution in [2.75, 3.05) is 19.7 Å². The van der Waals surface area contributed by atoms with Gasteiger partial charge in [-0.2, -0.15) is 12.7 Å². The van der Waals surface area contributed by atoms with Crippen LogP contribution in [0.4, 0.5) is 4.79 Å². The highest BCUT2D eigenvalue weighted by molar-refractivity contribution is 7.87. The summed E-state index contributed by atoms with van der Waals surface area (Å²) in [5.41, 5.74) is 5.80. The van der Waals surface area contributed by atoms with Crippen molar-refractivity contribution in [1.29, 1.82) is 0 Å². The van der Waals surface area contributed by atoms with Crippen LogP contribution in [0.3, 0.4) is 0 Å². The van der Waals surface area contributed by atoms with E-state index in [9.17, 15) is 13.2 Å². The SMILES string of the molecule is CCOC(=O)NS(=O)(=O)N1CCC(N)C(C)C1. The highest BCUT2D eigenvalue weighted by Crippen LogP contribution is 2.17. The second kappa shape index (κ2) is 5.65. The summed E-state index contributed by atoms with van der Waals surface area (Å²) in [6.45, 7) is 4.25. The molecular formula is C9H19N3O4S. The topological polar surface area (TPSA) is 102 Å². The summed E-state index contributed by atoms with van der Waals surface area (Å²) in [6.07, 6.45) is -0.361. The molecule has 3 N–H and O–H groups in total. The lowest BCUT2D eigenvalue weighted by atomic mass is 9.96. The van der Waals surface area contributed by atoms with Gasteiger partial charge < -0.3 is 10.5 Å². The maximum atomic E-state index is 11.8. The van der Waals surface area contributed by atoms with E-state index >= 15 is 0 Å². The Morgan fingerprint density at radius 3 is 2.76 bits per heavy atom. The zero-order chi connectivity index (χ0) is 13.1. The molecule has 0 aromatic rings. The van der Waals surface area contributed by atoms with Crippen LogP contribution in [0.2, 0.25) is 0 Å². The zero-order valence-corrected chi connectivity index (χ0v) is 10.9. The van der Waals surface area contributed by atoms with Crippen LogP contribution in [0.5, 0.6) is 0 Å². The predicted octanol–water partition coefficient (Wildman–Crippen LogP) is -0.354. The maximum absolute atomic E-state index is 11.8. The lowest BCUT2D eigenvalue weighted by molar-refractivity contribution is 0.157. The number of nitrogens with zero attached hydrogens (tertiary/aromatic N) is 1. The fourth-order valence-corrected chi connectivity index (χ4v) is 2.85. The fourth-order valence-electron chi connectivity index (χ4n) is 1.67. The molecule has 0 saturated carbocycles. The number of hydrogen-bond acceptors (Lipinski definition) is 5. The average molecular weight is 265 g/mol. The lowest BCUT2D eigenvalue weighted by Gasteiger charge is -2.33. The van der Waals surface area contributed by atoms with Gasteiger partial charge in [0.15, 0.2) is 0 Å². The Morgan fingerprint density at radius 1 is 1.59 bits per heavy atom. The quantitative estimate of drug-likeness (QED) is 0.726. The molecule has 7 nitrogen and oxygen atoms in total. The Labute approximate surface area is 101 Å². The summed E-state index contributed by atoms with van der Waals surface area (Å²) in [6, 6.07) is 0.00374. The number of nitrogens with two attached hydrogens (primary N) is 1. The third-order valence-electron chi connectivity index (χ3n) is 2.76.